The Labute approximate surface area is 175 Å². The van der Waals surface area contributed by atoms with E-state index in [1.165, 1.54) is 17.8 Å². The summed E-state index contributed by atoms with van der Waals surface area (Å²) < 4.78 is 20.1. The minimum absolute atomic E-state index is 0.268. The molecule has 0 aliphatic carbocycles. The summed E-state index contributed by atoms with van der Waals surface area (Å²) in [4.78, 5) is 16.4. The second kappa shape index (κ2) is 10.3. The number of carbonyl (C=O) groups excluding carboxylic acids is 1. The fourth-order valence-corrected chi connectivity index (χ4v) is 2.93. The number of pyridine rings is 1. The molecule has 1 aromatic carbocycles. The number of hydrogen-bond donors (Lipinski definition) is 3. The average Bonchev–Trinajstić information content (AvgIpc) is 3.14. The highest BCUT2D eigenvalue weighted by Crippen LogP contribution is 2.23. The molecule has 7 nitrogen and oxygen atoms in total. The molecule has 8 heteroatoms. The zero-order chi connectivity index (χ0) is 21.3. The van der Waals surface area contributed by atoms with Gasteiger partial charge in [0.15, 0.2) is 5.82 Å². The third kappa shape index (κ3) is 5.97. The number of aromatic nitrogens is 2. The molecule has 3 aromatic rings. The Balaban J connectivity index is 1.69. The molecule has 0 unspecified atom stereocenters. The number of nitrogens with zero attached hydrogens (tertiary/aromatic N) is 2. The van der Waals surface area contributed by atoms with Crippen LogP contribution in [-0.2, 0) is 24.8 Å². The van der Waals surface area contributed by atoms with Crippen LogP contribution in [0.2, 0.25) is 0 Å². The molecule has 0 saturated carbocycles. The molecular weight excluding hydrogens is 385 g/mol. The van der Waals surface area contributed by atoms with E-state index in [1.54, 1.807) is 31.2 Å². The van der Waals surface area contributed by atoms with Gasteiger partial charge in [-0.25, -0.2) is 14.2 Å². The van der Waals surface area contributed by atoms with Gasteiger partial charge in [0.2, 0.25) is 0 Å². The van der Waals surface area contributed by atoms with Crippen molar-refractivity contribution in [1.29, 1.82) is 0 Å². The van der Waals surface area contributed by atoms with E-state index in [0.717, 1.165) is 12.0 Å². The van der Waals surface area contributed by atoms with Gasteiger partial charge < -0.3 is 19.9 Å². The predicted molar refractivity (Wildman–Crippen MR) is 116 cm³/mol. The quantitative estimate of drug-likeness (QED) is 0.487. The van der Waals surface area contributed by atoms with Gasteiger partial charge in [-0.15, -0.1) is 0 Å². The van der Waals surface area contributed by atoms with Crippen LogP contribution in [0.5, 0.6) is 0 Å². The predicted octanol–water partition coefficient (Wildman–Crippen LogP) is 4.39. The van der Waals surface area contributed by atoms with Crippen molar-refractivity contribution in [3.63, 3.8) is 0 Å². The Kier molecular flexibility index (Phi) is 7.26. The third-order valence-electron chi connectivity index (χ3n) is 4.52. The lowest BCUT2D eigenvalue weighted by Gasteiger charge is -2.15. The summed E-state index contributed by atoms with van der Waals surface area (Å²) in [5.41, 5.74) is 2.66. The van der Waals surface area contributed by atoms with Crippen molar-refractivity contribution in [2.75, 3.05) is 29.1 Å². The SMILES string of the molecule is CCOC(=O)Nc1ccc(NCc2ccc(F)cc2)nc1NCCc1cccn1C. The van der Waals surface area contributed by atoms with E-state index >= 15 is 0 Å². The maximum absolute atomic E-state index is 13.1. The molecule has 158 valence electrons. The Morgan fingerprint density at radius 3 is 2.63 bits per heavy atom. The van der Waals surface area contributed by atoms with E-state index in [4.69, 9.17) is 4.74 Å². The molecule has 3 N–H and O–H groups in total. The summed E-state index contributed by atoms with van der Waals surface area (Å²) in [6.07, 6.45) is 2.27. The Bertz CT molecular complexity index is 972. The molecule has 0 atom stereocenters. The number of amides is 1. The summed E-state index contributed by atoms with van der Waals surface area (Å²) in [7, 11) is 2.00. The van der Waals surface area contributed by atoms with Crippen LogP contribution in [0.15, 0.2) is 54.7 Å². The van der Waals surface area contributed by atoms with Crippen molar-refractivity contribution in [2.24, 2.45) is 7.05 Å². The van der Waals surface area contributed by atoms with Gasteiger partial charge in [0.1, 0.15) is 11.6 Å². The van der Waals surface area contributed by atoms with Crippen molar-refractivity contribution in [3.05, 3.63) is 71.8 Å². The highest BCUT2D eigenvalue weighted by molar-refractivity contribution is 5.88. The van der Waals surface area contributed by atoms with Crippen LogP contribution >= 0.6 is 0 Å². The smallest absolute Gasteiger partial charge is 0.411 e. The zero-order valence-electron chi connectivity index (χ0n) is 17.1. The third-order valence-corrected chi connectivity index (χ3v) is 4.52. The van der Waals surface area contributed by atoms with Gasteiger partial charge in [-0.2, -0.15) is 0 Å². The molecule has 2 aromatic heterocycles. The number of ether oxygens (including phenoxy) is 1. The van der Waals surface area contributed by atoms with Crippen molar-refractivity contribution in [1.82, 2.24) is 9.55 Å². The van der Waals surface area contributed by atoms with E-state index in [2.05, 4.69) is 31.6 Å². The maximum Gasteiger partial charge on any atom is 0.411 e. The molecule has 0 spiro atoms. The van der Waals surface area contributed by atoms with E-state index in [1.807, 2.05) is 19.3 Å². The van der Waals surface area contributed by atoms with Crippen molar-refractivity contribution < 1.29 is 13.9 Å². The van der Waals surface area contributed by atoms with Crippen LogP contribution in [0.3, 0.4) is 0 Å². The largest absolute Gasteiger partial charge is 0.450 e. The standard InChI is InChI=1S/C22H26FN5O2/c1-3-30-22(29)26-19-10-11-20(25-15-16-6-8-17(23)9-7-16)27-21(19)24-13-12-18-5-4-14-28(18)2/h4-11,14H,3,12-13,15H2,1-2H3,(H,26,29)(H2,24,25,27). The lowest BCUT2D eigenvalue weighted by molar-refractivity contribution is 0.168. The van der Waals surface area contributed by atoms with Crippen LogP contribution in [-0.4, -0.2) is 28.8 Å². The highest BCUT2D eigenvalue weighted by Gasteiger charge is 2.10. The number of aryl methyl sites for hydroxylation is 1. The van der Waals surface area contributed by atoms with Gasteiger partial charge in [0, 0.05) is 38.4 Å². The first-order chi connectivity index (χ1) is 14.5. The second-order valence-corrected chi connectivity index (χ2v) is 6.71. The number of hydrogen-bond acceptors (Lipinski definition) is 5. The minimum Gasteiger partial charge on any atom is -0.450 e. The lowest BCUT2D eigenvalue weighted by atomic mass is 10.2. The van der Waals surface area contributed by atoms with E-state index in [-0.39, 0.29) is 12.4 Å². The molecule has 30 heavy (non-hydrogen) atoms. The van der Waals surface area contributed by atoms with Gasteiger partial charge >= 0.3 is 6.09 Å². The van der Waals surface area contributed by atoms with Crippen LogP contribution in [0.25, 0.3) is 0 Å². The first-order valence-corrected chi connectivity index (χ1v) is 9.82. The molecule has 1 amide bonds. The summed E-state index contributed by atoms with van der Waals surface area (Å²) in [6, 6.07) is 13.9. The lowest BCUT2D eigenvalue weighted by Crippen LogP contribution is -2.17. The molecule has 0 radical (unpaired) electrons. The fourth-order valence-electron chi connectivity index (χ4n) is 2.93. The van der Waals surface area contributed by atoms with Gasteiger partial charge in [-0.05, 0) is 48.9 Å². The molecule has 0 saturated heterocycles. The number of rotatable bonds is 9. The molecule has 0 bridgehead atoms. The fraction of sp³-hybridized carbons (Fsp3) is 0.273. The Hall–Kier alpha value is -3.55. The van der Waals surface area contributed by atoms with Gasteiger partial charge in [0.25, 0.3) is 0 Å². The summed E-state index contributed by atoms with van der Waals surface area (Å²) in [5, 5.41) is 9.22. The average molecular weight is 411 g/mol. The first kappa shape index (κ1) is 21.2. The number of carbonyl (C=O) groups is 1. The number of benzene rings is 1. The molecule has 0 aliphatic rings. The minimum atomic E-state index is -0.531. The topological polar surface area (TPSA) is 80.2 Å². The number of halogens is 1. The Morgan fingerprint density at radius 1 is 1.13 bits per heavy atom. The van der Waals surface area contributed by atoms with E-state index < -0.39 is 6.09 Å². The normalized spacial score (nSPS) is 10.5. The molecule has 0 fully saturated rings. The van der Waals surface area contributed by atoms with Crippen molar-refractivity contribution >= 4 is 23.4 Å². The molecular formula is C22H26FN5O2. The molecule has 3 rings (SSSR count). The monoisotopic (exact) mass is 411 g/mol. The summed E-state index contributed by atoms with van der Waals surface area (Å²) in [5.74, 6) is 0.910. The second-order valence-electron chi connectivity index (χ2n) is 6.71. The van der Waals surface area contributed by atoms with E-state index in [0.29, 0.717) is 30.4 Å². The van der Waals surface area contributed by atoms with Gasteiger partial charge in [-0.1, -0.05) is 12.1 Å². The summed E-state index contributed by atoms with van der Waals surface area (Å²) in [6.45, 7) is 3.18. The van der Waals surface area contributed by atoms with E-state index in [9.17, 15) is 9.18 Å². The zero-order valence-corrected chi connectivity index (χ0v) is 17.1. The van der Waals surface area contributed by atoms with Gasteiger partial charge in [-0.3, -0.25) is 5.32 Å². The van der Waals surface area contributed by atoms with Crippen LogP contribution < -0.4 is 16.0 Å². The number of nitrogens with one attached hydrogen (secondary N) is 3. The van der Waals surface area contributed by atoms with Gasteiger partial charge in [0.05, 0.1) is 12.3 Å². The molecule has 2 heterocycles. The molecule has 0 aliphatic heterocycles. The first-order valence-electron chi connectivity index (χ1n) is 9.82. The summed E-state index contributed by atoms with van der Waals surface area (Å²) >= 11 is 0. The number of anilines is 3. The van der Waals surface area contributed by atoms with Crippen LogP contribution in [0, 0.1) is 5.82 Å². The van der Waals surface area contributed by atoms with Crippen molar-refractivity contribution in [2.45, 2.75) is 19.9 Å². The highest BCUT2D eigenvalue weighted by atomic mass is 19.1. The Morgan fingerprint density at radius 2 is 1.93 bits per heavy atom. The van der Waals surface area contributed by atoms with Crippen LogP contribution in [0.4, 0.5) is 26.5 Å². The maximum atomic E-state index is 13.1. The van der Waals surface area contributed by atoms with Crippen LogP contribution in [0.1, 0.15) is 18.2 Å². The van der Waals surface area contributed by atoms with Crippen molar-refractivity contribution in [3.8, 4) is 0 Å².